The number of esters is 1. The molecule has 0 aromatic heterocycles. The molecule has 0 aromatic carbocycles. The fraction of sp³-hybridized carbons (Fsp3) is 0.900. The Balaban J connectivity index is 2.46. The molecule has 0 aliphatic carbocycles. The average molecular weight is 477 g/mol. The SMILES string of the molecule is O=C1OCCC1NCCNS(=O)(=O)CCCS(=O)(=O)[NH+]([O-])S(=O)(=O)C(F)(F)F. The van der Waals surface area contributed by atoms with Gasteiger partial charge in [-0.05, 0) is 6.42 Å². The van der Waals surface area contributed by atoms with Gasteiger partial charge >= 0.3 is 31.5 Å². The van der Waals surface area contributed by atoms with Gasteiger partial charge in [0.1, 0.15) is 11.8 Å². The third-order valence-corrected chi connectivity index (χ3v) is 8.65. The van der Waals surface area contributed by atoms with Crippen molar-refractivity contribution in [2.75, 3.05) is 31.2 Å². The molecular formula is C10H18F3N3O9S3. The number of quaternary nitrogens is 1. The molecule has 1 rings (SSSR count). The number of carbonyl (C=O) groups is 1. The maximum absolute atomic E-state index is 12.2. The molecule has 0 radical (unpaired) electrons. The smallest absolute Gasteiger partial charge is 0.550 e. The third kappa shape index (κ3) is 6.78. The molecule has 1 aliphatic heterocycles. The minimum Gasteiger partial charge on any atom is -0.602 e. The van der Waals surface area contributed by atoms with Gasteiger partial charge in [0, 0.05) is 19.5 Å². The fourth-order valence-corrected chi connectivity index (χ4v) is 6.01. The Morgan fingerprint density at radius 1 is 1.11 bits per heavy atom. The summed E-state index contributed by atoms with van der Waals surface area (Å²) >= 11 is 0. The van der Waals surface area contributed by atoms with Gasteiger partial charge in [-0.25, -0.2) is 13.1 Å². The Hall–Kier alpha value is -1.05. The Kier molecular flexibility index (Phi) is 8.19. The first-order chi connectivity index (χ1) is 12.6. The lowest BCUT2D eigenvalue weighted by Gasteiger charge is -2.21. The summed E-state index contributed by atoms with van der Waals surface area (Å²) in [6, 6.07) is -0.573. The molecule has 12 nitrogen and oxygen atoms in total. The number of hydrogen-bond acceptors (Lipinski definition) is 10. The average Bonchev–Trinajstić information content (AvgIpc) is 2.94. The molecule has 2 atom stereocenters. The topological polar surface area (TPSA) is 180 Å². The van der Waals surface area contributed by atoms with Crippen LogP contribution in [0.15, 0.2) is 0 Å². The van der Waals surface area contributed by atoms with Crippen molar-refractivity contribution in [2.24, 2.45) is 0 Å². The highest BCUT2D eigenvalue weighted by Gasteiger charge is 2.55. The van der Waals surface area contributed by atoms with E-state index in [2.05, 4.69) is 10.1 Å². The Bertz CT molecular complexity index is 871. The zero-order valence-electron chi connectivity index (χ0n) is 14.1. The summed E-state index contributed by atoms with van der Waals surface area (Å²) in [6.45, 7) is 0.0966. The standard InChI is InChI=1S/C10H18F3N3O9S3/c11-10(12,13)28(23,24)16(18)27(21,22)7-1-6-26(19,20)15-4-3-14-8-2-5-25-9(8)17/h8,14-16H,1-7H2. The zero-order valence-corrected chi connectivity index (χ0v) is 16.5. The number of halogens is 3. The minimum absolute atomic E-state index is 0.0413. The van der Waals surface area contributed by atoms with Crippen molar-refractivity contribution in [3.63, 3.8) is 0 Å². The molecule has 1 aliphatic rings. The summed E-state index contributed by atoms with van der Waals surface area (Å²) in [5.74, 6) is -2.75. The lowest BCUT2D eigenvalue weighted by Crippen LogP contribution is -3.12. The van der Waals surface area contributed by atoms with Crippen molar-refractivity contribution in [1.29, 1.82) is 0 Å². The van der Waals surface area contributed by atoms with E-state index >= 15 is 0 Å². The lowest BCUT2D eigenvalue weighted by atomic mass is 10.2. The lowest BCUT2D eigenvalue weighted by molar-refractivity contribution is -0.555. The van der Waals surface area contributed by atoms with Crippen LogP contribution in [0.25, 0.3) is 0 Å². The Morgan fingerprint density at radius 3 is 2.21 bits per heavy atom. The van der Waals surface area contributed by atoms with E-state index < -0.39 is 69.4 Å². The third-order valence-electron chi connectivity index (χ3n) is 3.38. The number of cyclic esters (lactones) is 1. The van der Waals surface area contributed by atoms with Crippen LogP contribution >= 0.6 is 0 Å². The monoisotopic (exact) mass is 477 g/mol. The number of ether oxygens (including phenoxy) is 1. The Morgan fingerprint density at radius 2 is 1.71 bits per heavy atom. The van der Waals surface area contributed by atoms with Crippen LogP contribution in [-0.2, 0) is 39.6 Å². The van der Waals surface area contributed by atoms with Crippen LogP contribution in [0.4, 0.5) is 13.2 Å². The van der Waals surface area contributed by atoms with Gasteiger partial charge in [0.05, 0.1) is 12.4 Å². The van der Waals surface area contributed by atoms with E-state index in [4.69, 9.17) is 0 Å². The van der Waals surface area contributed by atoms with Crippen LogP contribution in [0, 0.1) is 5.21 Å². The van der Waals surface area contributed by atoms with Crippen molar-refractivity contribution in [2.45, 2.75) is 24.4 Å². The Labute approximate surface area is 159 Å². The molecule has 0 spiro atoms. The maximum Gasteiger partial charge on any atom is 0.550 e. The largest absolute Gasteiger partial charge is 0.602 e. The minimum atomic E-state index is -6.57. The summed E-state index contributed by atoms with van der Waals surface area (Å²) in [6.07, 6.45) is -0.391. The van der Waals surface area contributed by atoms with Gasteiger partial charge in [0.25, 0.3) is 0 Å². The van der Waals surface area contributed by atoms with E-state index in [-0.39, 0.29) is 19.7 Å². The molecule has 0 saturated carbocycles. The van der Waals surface area contributed by atoms with Crippen molar-refractivity contribution in [3.8, 4) is 0 Å². The quantitative estimate of drug-likeness (QED) is 0.155. The molecule has 3 N–H and O–H groups in total. The first-order valence-corrected chi connectivity index (χ1v) is 12.3. The van der Waals surface area contributed by atoms with Gasteiger partial charge < -0.3 is 15.3 Å². The van der Waals surface area contributed by atoms with Gasteiger partial charge in [0.2, 0.25) is 10.0 Å². The van der Waals surface area contributed by atoms with Crippen molar-refractivity contribution in [1.82, 2.24) is 10.0 Å². The fourth-order valence-electron chi connectivity index (χ4n) is 1.99. The molecule has 28 heavy (non-hydrogen) atoms. The van der Waals surface area contributed by atoms with Crippen LogP contribution in [0.3, 0.4) is 0 Å². The van der Waals surface area contributed by atoms with E-state index in [9.17, 15) is 48.4 Å². The number of alkyl halides is 3. The normalized spacial score (nSPS) is 20.1. The molecule has 1 saturated heterocycles. The number of hydrogen-bond donors (Lipinski definition) is 3. The predicted octanol–water partition coefficient (Wildman–Crippen LogP) is -3.24. The van der Waals surface area contributed by atoms with E-state index in [1.807, 2.05) is 4.72 Å². The molecule has 1 fully saturated rings. The van der Waals surface area contributed by atoms with Crippen LogP contribution in [0.1, 0.15) is 12.8 Å². The number of carbonyl (C=O) groups excluding carboxylic acids is 1. The van der Waals surface area contributed by atoms with Crippen LogP contribution < -0.4 is 13.9 Å². The second kappa shape index (κ2) is 9.18. The number of nitrogens with one attached hydrogen (secondary N) is 3. The summed E-state index contributed by atoms with van der Waals surface area (Å²) in [7, 11) is -16.0. The molecule has 0 amide bonds. The molecule has 0 aromatic rings. The van der Waals surface area contributed by atoms with Gasteiger partial charge in [0.15, 0.2) is 0 Å². The second-order valence-electron chi connectivity index (χ2n) is 5.55. The number of sulfonamides is 3. The van der Waals surface area contributed by atoms with Gasteiger partial charge in [-0.15, -0.1) is 0 Å². The highest BCUT2D eigenvalue weighted by Crippen LogP contribution is 2.19. The van der Waals surface area contributed by atoms with Crippen LogP contribution in [-0.4, -0.2) is 74.0 Å². The van der Waals surface area contributed by atoms with Gasteiger partial charge in [-0.3, -0.25) is 4.79 Å². The molecule has 0 bridgehead atoms. The van der Waals surface area contributed by atoms with Crippen molar-refractivity contribution >= 4 is 36.0 Å². The van der Waals surface area contributed by atoms with E-state index in [0.29, 0.717) is 6.42 Å². The van der Waals surface area contributed by atoms with Gasteiger partial charge in [-0.1, -0.05) is 0 Å². The summed E-state index contributed by atoms with van der Waals surface area (Å²) < 4.78 is 108. The zero-order chi connectivity index (χ0) is 21.8. The maximum atomic E-state index is 12.2. The van der Waals surface area contributed by atoms with Crippen LogP contribution in [0.2, 0.25) is 0 Å². The summed E-state index contributed by atoms with van der Waals surface area (Å²) in [5, 5.41) is 13.9. The van der Waals surface area contributed by atoms with E-state index in [0.717, 1.165) is 0 Å². The highest BCUT2D eigenvalue weighted by atomic mass is 32.3. The summed E-state index contributed by atoms with van der Waals surface area (Å²) in [4.78, 5) is 11.2. The second-order valence-corrected chi connectivity index (χ2v) is 11.6. The van der Waals surface area contributed by atoms with E-state index in [1.54, 1.807) is 0 Å². The molecule has 166 valence electrons. The van der Waals surface area contributed by atoms with Crippen LogP contribution in [0.5, 0.6) is 0 Å². The first-order valence-electron chi connectivity index (χ1n) is 7.55. The molecular weight excluding hydrogens is 459 g/mol. The highest BCUT2D eigenvalue weighted by molar-refractivity contribution is 7.97. The number of rotatable bonds is 11. The van der Waals surface area contributed by atoms with Gasteiger partial charge in [-0.2, -0.15) is 33.9 Å². The molecule has 1 heterocycles. The van der Waals surface area contributed by atoms with Crippen molar-refractivity contribution < 1.29 is 51.8 Å². The molecule has 18 heteroatoms. The van der Waals surface area contributed by atoms with Crippen molar-refractivity contribution in [3.05, 3.63) is 5.21 Å². The molecule has 2 unspecified atom stereocenters. The predicted molar refractivity (Wildman–Crippen MR) is 86.9 cm³/mol. The first kappa shape index (κ1) is 25.0. The van der Waals surface area contributed by atoms with E-state index in [1.165, 1.54) is 0 Å². The summed E-state index contributed by atoms with van der Waals surface area (Å²) in [5.41, 5.74) is -6.08.